The van der Waals surface area contributed by atoms with Crippen molar-refractivity contribution in [2.45, 2.75) is 64.4 Å². The molecule has 0 saturated heterocycles. The first-order chi connectivity index (χ1) is 12.0. The first-order valence-corrected chi connectivity index (χ1v) is 9.01. The Morgan fingerprint density at radius 1 is 1.19 bits per heavy atom. The molecule has 1 saturated carbocycles. The minimum absolute atomic E-state index is 0.00299. The number of phenolic OH excluding ortho intramolecular Hbond substituents is 2. The molecule has 0 aliphatic heterocycles. The van der Waals surface area contributed by atoms with Gasteiger partial charge in [-0.2, -0.15) is 0 Å². The van der Waals surface area contributed by atoms with Crippen LogP contribution in [0.2, 0.25) is 0 Å². The molecule has 0 heterocycles. The van der Waals surface area contributed by atoms with Gasteiger partial charge in [0.15, 0.2) is 17.3 Å². The number of carbonyl (C=O) groups is 2. The average molecular weight is 362 g/mol. The summed E-state index contributed by atoms with van der Waals surface area (Å²) in [5.74, 6) is -3.77. The van der Waals surface area contributed by atoms with Gasteiger partial charge in [0.05, 0.1) is 0 Å². The lowest BCUT2D eigenvalue weighted by Gasteiger charge is -2.53. The summed E-state index contributed by atoms with van der Waals surface area (Å²) in [4.78, 5) is 25.5. The van der Waals surface area contributed by atoms with Crippen molar-refractivity contribution in [1.82, 2.24) is 0 Å². The molecule has 3 atom stereocenters. The van der Waals surface area contributed by atoms with E-state index < -0.39 is 40.4 Å². The maximum Gasteiger partial charge on any atom is 0.315 e. The Kier molecular flexibility index (Phi) is 4.11. The molecule has 142 valence electrons. The van der Waals surface area contributed by atoms with Gasteiger partial charge in [-0.1, -0.05) is 34.1 Å². The number of phenols is 2. The van der Waals surface area contributed by atoms with Crippen LogP contribution in [-0.4, -0.2) is 32.2 Å². The Morgan fingerprint density at radius 2 is 1.81 bits per heavy atom. The van der Waals surface area contributed by atoms with Gasteiger partial charge in [0.2, 0.25) is 0 Å². The van der Waals surface area contributed by atoms with Gasteiger partial charge in [-0.3, -0.25) is 9.59 Å². The van der Waals surface area contributed by atoms with E-state index in [4.69, 9.17) is 0 Å². The second-order valence-electron chi connectivity index (χ2n) is 8.64. The number of aliphatic hydroxyl groups excluding tert-OH is 1. The molecular weight excluding hydrogens is 336 g/mol. The lowest BCUT2D eigenvalue weighted by molar-refractivity contribution is -0.162. The van der Waals surface area contributed by atoms with Gasteiger partial charge in [0.25, 0.3) is 0 Å². The van der Waals surface area contributed by atoms with Crippen molar-refractivity contribution in [1.29, 1.82) is 0 Å². The minimum Gasteiger partial charge on any atom is -0.504 e. The Morgan fingerprint density at radius 3 is 2.35 bits per heavy atom. The minimum atomic E-state index is -1.65. The van der Waals surface area contributed by atoms with Crippen LogP contribution < -0.4 is 0 Å². The number of fused-ring (bicyclic) bond motifs is 3. The molecule has 0 amide bonds. The van der Waals surface area contributed by atoms with Crippen molar-refractivity contribution in [2.75, 3.05) is 0 Å². The molecule has 0 aromatic heterocycles. The predicted molar refractivity (Wildman–Crippen MR) is 94.3 cm³/mol. The van der Waals surface area contributed by atoms with Crippen LogP contribution in [0.3, 0.4) is 0 Å². The number of aliphatic hydroxyl groups is 1. The molecule has 4 N–H and O–H groups in total. The molecule has 3 rings (SSSR count). The molecule has 26 heavy (non-hydrogen) atoms. The number of carbonyl (C=O) groups excluding carboxylic acids is 1. The van der Waals surface area contributed by atoms with Crippen molar-refractivity contribution < 1.29 is 30.0 Å². The number of aromatic hydroxyl groups is 2. The third-order valence-electron chi connectivity index (χ3n) is 6.30. The van der Waals surface area contributed by atoms with Gasteiger partial charge in [0.1, 0.15) is 11.5 Å². The average Bonchev–Trinajstić information content (AvgIpc) is 2.53. The molecule has 2 aliphatic carbocycles. The number of ketones is 1. The molecule has 0 bridgehead atoms. The second-order valence-corrected chi connectivity index (χ2v) is 8.64. The van der Waals surface area contributed by atoms with E-state index in [1.807, 2.05) is 13.8 Å². The standard InChI is InChI=1S/C20H26O6/c1-9(2)10-8-11-12(15(23)13(10)21)20(18(25)26)7-5-6-19(3,4)17(20)16(24)14(11)22/h8-9,14,17,21-23H,5-7H2,1-4H3,(H,25,26)/t14?,17?,20-/m0/s1. The summed E-state index contributed by atoms with van der Waals surface area (Å²) < 4.78 is 0. The Labute approximate surface area is 152 Å². The lowest BCUT2D eigenvalue weighted by atomic mass is 9.48. The van der Waals surface area contributed by atoms with Crippen LogP contribution in [0.15, 0.2) is 6.07 Å². The van der Waals surface area contributed by atoms with Gasteiger partial charge >= 0.3 is 5.97 Å². The maximum absolute atomic E-state index is 13.1. The van der Waals surface area contributed by atoms with E-state index in [2.05, 4.69) is 0 Å². The fourth-order valence-corrected chi connectivity index (χ4v) is 5.15. The second kappa shape index (κ2) is 5.71. The van der Waals surface area contributed by atoms with E-state index in [0.717, 1.165) is 0 Å². The molecule has 2 aliphatic rings. The Hall–Kier alpha value is -2.08. The van der Waals surface area contributed by atoms with Crippen LogP contribution in [0.4, 0.5) is 0 Å². The number of rotatable bonds is 2. The Bertz CT molecular complexity index is 794. The highest BCUT2D eigenvalue weighted by Gasteiger charge is 2.64. The van der Waals surface area contributed by atoms with E-state index in [9.17, 15) is 30.0 Å². The molecule has 1 aromatic rings. The lowest BCUT2D eigenvalue weighted by Crippen LogP contribution is -2.59. The van der Waals surface area contributed by atoms with Crippen LogP contribution in [0, 0.1) is 11.3 Å². The summed E-state index contributed by atoms with van der Waals surface area (Å²) in [5.41, 5.74) is -1.82. The topological polar surface area (TPSA) is 115 Å². The number of hydrogen-bond acceptors (Lipinski definition) is 5. The predicted octanol–water partition coefficient (Wildman–Crippen LogP) is 2.99. The molecule has 0 radical (unpaired) electrons. The van der Waals surface area contributed by atoms with Crippen LogP contribution >= 0.6 is 0 Å². The summed E-state index contributed by atoms with van der Waals surface area (Å²) in [6, 6.07) is 1.47. The number of aliphatic carboxylic acids is 1. The molecule has 1 fully saturated rings. The number of benzene rings is 1. The summed E-state index contributed by atoms with van der Waals surface area (Å²) in [6.07, 6.45) is -0.110. The molecular formula is C20H26O6. The number of hydrogen-bond donors (Lipinski definition) is 4. The first-order valence-electron chi connectivity index (χ1n) is 9.01. The maximum atomic E-state index is 13.1. The fourth-order valence-electron chi connectivity index (χ4n) is 5.15. The van der Waals surface area contributed by atoms with Crippen molar-refractivity contribution >= 4 is 11.8 Å². The molecule has 6 heteroatoms. The zero-order chi connectivity index (χ0) is 19.6. The highest BCUT2D eigenvalue weighted by Crippen LogP contribution is 2.61. The van der Waals surface area contributed by atoms with Crippen LogP contribution in [0.1, 0.15) is 75.7 Å². The van der Waals surface area contributed by atoms with E-state index in [-0.39, 0.29) is 29.2 Å². The SMILES string of the molecule is CC(C)c1cc2c(c(O)c1O)[C@@]1(C(=O)O)CCCC(C)(C)C1C(=O)C2O. The van der Waals surface area contributed by atoms with Gasteiger partial charge in [-0.15, -0.1) is 0 Å². The quantitative estimate of drug-likeness (QED) is 0.601. The van der Waals surface area contributed by atoms with Gasteiger partial charge in [0, 0.05) is 17.0 Å². The third kappa shape index (κ3) is 2.21. The van der Waals surface area contributed by atoms with Gasteiger partial charge < -0.3 is 20.4 Å². The van der Waals surface area contributed by atoms with E-state index >= 15 is 0 Å². The third-order valence-corrected chi connectivity index (χ3v) is 6.30. The fraction of sp³-hybridized carbons (Fsp3) is 0.600. The monoisotopic (exact) mass is 362 g/mol. The zero-order valence-electron chi connectivity index (χ0n) is 15.5. The molecule has 2 unspecified atom stereocenters. The number of carboxylic acids is 1. The highest BCUT2D eigenvalue weighted by molar-refractivity contribution is 6.00. The zero-order valence-corrected chi connectivity index (χ0v) is 15.5. The molecule has 6 nitrogen and oxygen atoms in total. The normalized spacial score (nSPS) is 30.0. The molecule has 0 spiro atoms. The molecule has 1 aromatic carbocycles. The van der Waals surface area contributed by atoms with Crippen molar-refractivity contribution in [3.8, 4) is 11.5 Å². The van der Waals surface area contributed by atoms with Gasteiger partial charge in [-0.25, -0.2) is 0 Å². The van der Waals surface area contributed by atoms with E-state index in [0.29, 0.717) is 18.4 Å². The van der Waals surface area contributed by atoms with E-state index in [1.54, 1.807) is 13.8 Å². The Balaban J connectivity index is 2.44. The first kappa shape index (κ1) is 18.7. The van der Waals surface area contributed by atoms with Crippen LogP contribution in [0.5, 0.6) is 11.5 Å². The summed E-state index contributed by atoms with van der Waals surface area (Å²) >= 11 is 0. The van der Waals surface area contributed by atoms with Crippen molar-refractivity contribution in [3.05, 3.63) is 22.8 Å². The number of carboxylic acid groups (broad SMARTS) is 1. The van der Waals surface area contributed by atoms with Crippen molar-refractivity contribution in [2.24, 2.45) is 11.3 Å². The summed E-state index contributed by atoms with van der Waals surface area (Å²) in [6.45, 7) is 7.25. The number of Topliss-reactive ketones (excluding diaryl/α,β-unsaturated/α-hetero) is 1. The largest absolute Gasteiger partial charge is 0.504 e. The van der Waals surface area contributed by atoms with Crippen LogP contribution in [0.25, 0.3) is 0 Å². The summed E-state index contributed by atoms with van der Waals surface area (Å²) in [7, 11) is 0. The van der Waals surface area contributed by atoms with Crippen LogP contribution in [-0.2, 0) is 15.0 Å². The van der Waals surface area contributed by atoms with E-state index in [1.165, 1.54) is 6.07 Å². The van der Waals surface area contributed by atoms with Crippen molar-refractivity contribution in [3.63, 3.8) is 0 Å². The van der Waals surface area contributed by atoms with Gasteiger partial charge in [-0.05, 0) is 35.8 Å². The highest BCUT2D eigenvalue weighted by atomic mass is 16.4. The summed E-state index contributed by atoms with van der Waals surface area (Å²) in [5, 5.41) is 42.1. The smallest absolute Gasteiger partial charge is 0.315 e.